The minimum Gasteiger partial charge on any atom is -0.495 e. The lowest BCUT2D eigenvalue weighted by Crippen LogP contribution is -2.32. The van der Waals surface area contributed by atoms with Crippen molar-refractivity contribution in [2.75, 3.05) is 7.11 Å². The summed E-state index contributed by atoms with van der Waals surface area (Å²) in [6.07, 6.45) is -2.46. The Kier molecular flexibility index (Phi) is 6.30. The van der Waals surface area contributed by atoms with Crippen LogP contribution in [0.1, 0.15) is 28.1 Å². The molecule has 34 heavy (non-hydrogen) atoms. The molecule has 0 aliphatic carbocycles. The van der Waals surface area contributed by atoms with Gasteiger partial charge < -0.3 is 9.47 Å². The summed E-state index contributed by atoms with van der Waals surface area (Å²) in [5.41, 5.74) is 4.22. The van der Waals surface area contributed by atoms with E-state index in [1.165, 1.54) is 19.2 Å². The van der Waals surface area contributed by atoms with Crippen molar-refractivity contribution >= 4 is 0 Å². The number of aryl methyl sites for hydroxylation is 1. The number of hydrogen-bond donors (Lipinski definition) is 0. The van der Waals surface area contributed by atoms with Gasteiger partial charge in [0.25, 0.3) is 0 Å². The fourth-order valence-electron chi connectivity index (χ4n) is 3.94. The maximum atomic E-state index is 13.3. The normalized spacial score (nSPS) is 14.4. The molecule has 0 N–H and O–H groups in total. The molecule has 4 rings (SSSR count). The van der Waals surface area contributed by atoms with Crippen LogP contribution >= 0.6 is 0 Å². The fraction of sp³-hybridized carbons (Fsp3) is 0.292. The first-order valence-corrected chi connectivity index (χ1v) is 10.4. The molecule has 3 aromatic rings. The average Bonchev–Trinajstić information content (AvgIpc) is 3.35. The molecule has 7 nitrogen and oxygen atoms in total. The summed E-state index contributed by atoms with van der Waals surface area (Å²) >= 11 is 0. The van der Waals surface area contributed by atoms with E-state index in [1.807, 2.05) is 36.2 Å². The Morgan fingerprint density at radius 2 is 2.09 bits per heavy atom. The zero-order valence-corrected chi connectivity index (χ0v) is 18.6. The van der Waals surface area contributed by atoms with Gasteiger partial charge in [0.1, 0.15) is 17.6 Å². The summed E-state index contributed by atoms with van der Waals surface area (Å²) in [4.78, 5) is 6.20. The number of pyridine rings is 1. The molecule has 1 atom stereocenters. The molecule has 3 heterocycles. The first-order valence-electron chi connectivity index (χ1n) is 10.4. The number of hydrogen-bond acceptors (Lipinski definition) is 6. The van der Waals surface area contributed by atoms with Crippen molar-refractivity contribution in [3.05, 3.63) is 77.4 Å². The zero-order valence-electron chi connectivity index (χ0n) is 18.6. The minimum absolute atomic E-state index is 0.0139. The Hall–Kier alpha value is -3.84. The Bertz CT molecular complexity index is 1240. The Morgan fingerprint density at radius 3 is 2.71 bits per heavy atom. The molecule has 1 aliphatic rings. The van der Waals surface area contributed by atoms with Gasteiger partial charge in [-0.15, -0.1) is 0 Å². The molecular formula is C24H22F3N5O2. The smallest absolute Gasteiger partial charge is 0.429 e. The van der Waals surface area contributed by atoms with Crippen LogP contribution in [0.15, 0.2) is 49.3 Å². The quantitative estimate of drug-likeness (QED) is 0.476. The van der Waals surface area contributed by atoms with Gasteiger partial charge in [0.15, 0.2) is 0 Å². The largest absolute Gasteiger partial charge is 0.495 e. The van der Waals surface area contributed by atoms with Crippen molar-refractivity contribution < 1.29 is 22.6 Å². The van der Waals surface area contributed by atoms with Gasteiger partial charge in [-0.25, -0.2) is 4.68 Å². The second-order valence-electron chi connectivity index (χ2n) is 7.90. The van der Waals surface area contributed by atoms with Crippen molar-refractivity contribution in [2.45, 2.75) is 38.8 Å². The summed E-state index contributed by atoms with van der Waals surface area (Å²) in [6.45, 7) is 6.36. The number of alkyl halides is 3. The third kappa shape index (κ3) is 4.61. The van der Waals surface area contributed by atoms with Gasteiger partial charge in [-0.05, 0) is 37.3 Å². The summed E-state index contributed by atoms with van der Waals surface area (Å²) in [6, 6.07) is 8.56. The van der Waals surface area contributed by atoms with E-state index < -0.39 is 12.3 Å². The van der Waals surface area contributed by atoms with Gasteiger partial charge in [0.2, 0.25) is 6.10 Å². The first-order chi connectivity index (χ1) is 16.2. The van der Waals surface area contributed by atoms with Gasteiger partial charge in [0, 0.05) is 43.3 Å². The fourth-order valence-corrected chi connectivity index (χ4v) is 3.94. The van der Waals surface area contributed by atoms with Crippen LogP contribution in [-0.4, -0.2) is 39.1 Å². The van der Waals surface area contributed by atoms with Crippen LogP contribution in [0.4, 0.5) is 13.2 Å². The van der Waals surface area contributed by atoms with E-state index in [4.69, 9.17) is 9.47 Å². The van der Waals surface area contributed by atoms with Crippen LogP contribution < -0.4 is 9.47 Å². The van der Waals surface area contributed by atoms with Crippen molar-refractivity contribution in [3.8, 4) is 23.3 Å². The van der Waals surface area contributed by atoms with Crippen LogP contribution in [0.2, 0.25) is 0 Å². The van der Waals surface area contributed by atoms with Crippen molar-refractivity contribution in [1.29, 1.82) is 5.26 Å². The molecule has 0 spiro atoms. The number of aromatic nitrogens is 3. The monoisotopic (exact) mass is 469 g/mol. The molecule has 1 unspecified atom stereocenters. The number of halogens is 3. The number of ether oxygens (including phenoxy) is 2. The lowest BCUT2D eigenvalue weighted by Gasteiger charge is -2.24. The molecule has 0 saturated heterocycles. The summed E-state index contributed by atoms with van der Waals surface area (Å²) in [7, 11) is 1.37. The molecular weight excluding hydrogens is 447 g/mol. The molecule has 0 radical (unpaired) electrons. The van der Waals surface area contributed by atoms with E-state index in [1.54, 1.807) is 10.9 Å². The van der Waals surface area contributed by atoms with E-state index in [0.717, 1.165) is 22.6 Å². The van der Waals surface area contributed by atoms with Gasteiger partial charge in [-0.1, -0.05) is 6.58 Å². The molecule has 2 aromatic heterocycles. The lowest BCUT2D eigenvalue weighted by molar-refractivity contribution is -0.180. The van der Waals surface area contributed by atoms with Crippen LogP contribution in [-0.2, 0) is 19.6 Å². The van der Waals surface area contributed by atoms with Crippen LogP contribution in [0, 0.1) is 18.3 Å². The average molecular weight is 469 g/mol. The van der Waals surface area contributed by atoms with E-state index in [0.29, 0.717) is 24.7 Å². The molecule has 10 heteroatoms. The molecule has 176 valence electrons. The van der Waals surface area contributed by atoms with Crippen molar-refractivity contribution in [1.82, 2.24) is 19.7 Å². The van der Waals surface area contributed by atoms with E-state index in [-0.39, 0.29) is 23.6 Å². The Balaban J connectivity index is 1.60. The van der Waals surface area contributed by atoms with Crippen LogP contribution in [0.25, 0.3) is 5.69 Å². The Labute approximate surface area is 194 Å². The van der Waals surface area contributed by atoms with Crippen LogP contribution in [0.3, 0.4) is 0 Å². The number of rotatable bonds is 7. The number of benzene rings is 1. The van der Waals surface area contributed by atoms with Crippen molar-refractivity contribution in [3.63, 3.8) is 0 Å². The second-order valence-corrected chi connectivity index (χ2v) is 7.90. The number of nitrogens with zero attached hydrogens (tertiary/aromatic N) is 5. The molecule has 0 fully saturated rings. The van der Waals surface area contributed by atoms with Gasteiger partial charge >= 0.3 is 6.18 Å². The molecule has 0 amide bonds. The highest BCUT2D eigenvalue weighted by molar-refractivity contribution is 5.55. The molecule has 1 aromatic carbocycles. The highest BCUT2D eigenvalue weighted by atomic mass is 19.4. The third-order valence-electron chi connectivity index (χ3n) is 5.50. The Morgan fingerprint density at radius 1 is 1.29 bits per heavy atom. The van der Waals surface area contributed by atoms with Crippen LogP contribution in [0.5, 0.6) is 11.5 Å². The summed E-state index contributed by atoms with van der Waals surface area (Å²) in [5, 5.41) is 14.1. The topological polar surface area (TPSA) is 76.2 Å². The molecule has 0 bridgehead atoms. The highest BCUT2D eigenvalue weighted by Gasteiger charge is 2.40. The van der Waals surface area contributed by atoms with E-state index in [2.05, 4.69) is 16.7 Å². The third-order valence-corrected chi connectivity index (χ3v) is 5.50. The van der Waals surface area contributed by atoms with Crippen molar-refractivity contribution in [2.24, 2.45) is 0 Å². The minimum atomic E-state index is -4.63. The number of nitriles is 1. The number of fused-ring (bicyclic) bond motifs is 1. The second kappa shape index (κ2) is 9.19. The summed E-state index contributed by atoms with van der Waals surface area (Å²) in [5.74, 6) is 0.173. The van der Waals surface area contributed by atoms with Gasteiger partial charge in [-0.3, -0.25) is 9.88 Å². The predicted molar refractivity (Wildman–Crippen MR) is 117 cm³/mol. The maximum absolute atomic E-state index is 13.3. The standard InChI is InChI=1S/C24H22F3N5O2/c1-4-22(24(25,26)27)34-21-6-5-16(10-28)23(33-3)19(21)13-31-11-17-12-32(30-20(17)14-31)18-7-8-29-15(2)9-18/h4-9,12,22H,1,11,13-14H2,2-3H3. The lowest BCUT2D eigenvalue weighted by atomic mass is 10.1. The first kappa shape index (κ1) is 23.3. The zero-order chi connectivity index (χ0) is 24.5. The summed E-state index contributed by atoms with van der Waals surface area (Å²) < 4.78 is 52.4. The molecule has 0 saturated carbocycles. The molecule has 1 aliphatic heterocycles. The van der Waals surface area contributed by atoms with E-state index >= 15 is 0 Å². The van der Waals surface area contributed by atoms with E-state index in [9.17, 15) is 18.4 Å². The SMILES string of the molecule is C=CC(Oc1ccc(C#N)c(OC)c1CN1Cc2cn(-c3ccnc(C)c3)nc2C1)C(F)(F)F. The predicted octanol–water partition coefficient (Wildman–Crippen LogP) is 4.47. The maximum Gasteiger partial charge on any atom is 0.429 e. The number of methoxy groups -OCH3 is 1. The highest BCUT2D eigenvalue weighted by Crippen LogP contribution is 2.37. The van der Waals surface area contributed by atoms with Gasteiger partial charge in [-0.2, -0.15) is 23.5 Å². The van der Waals surface area contributed by atoms with Gasteiger partial charge in [0.05, 0.1) is 29.6 Å².